The number of hydrogen-bond donors (Lipinski definition) is 2. The first-order chi connectivity index (χ1) is 16.3. The molecular weight excluding hydrogens is 426 g/mol. The number of carbonyl (C=O) groups excluding carboxylic acids is 3. The van der Waals surface area contributed by atoms with Gasteiger partial charge in [-0.2, -0.15) is 0 Å². The van der Waals surface area contributed by atoms with E-state index in [1.165, 1.54) is 11.0 Å². The van der Waals surface area contributed by atoms with Crippen molar-refractivity contribution in [3.63, 3.8) is 0 Å². The lowest BCUT2D eigenvalue weighted by Gasteiger charge is -2.35. The summed E-state index contributed by atoms with van der Waals surface area (Å²) in [6.45, 7) is 5.96. The second-order valence-corrected chi connectivity index (χ2v) is 8.53. The number of anilines is 3. The van der Waals surface area contributed by atoms with Crippen LogP contribution < -0.4 is 15.5 Å². The maximum Gasteiger partial charge on any atom is 0.251 e. The van der Waals surface area contributed by atoms with E-state index in [0.717, 1.165) is 22.3 Å². The number of aryl methyl sites for hydroxylation is 3. The summed E-state index contributed by atoms with van der Waals surface area (Å²) in [5, 5.41) is 5.67. The SMILES string of the molecule is Cc1ccc(/C=C/C(=O)N2c3ccccc3NC(=O)[C@@H]2CC(=O)Nc2ccc(C)c(C)c2)cc1. The highest BCUT2D eigenvalue weighted by molar-refractivity contribution is 6.16. The van der Waals surface area contributed by atoms with Crippen molar-refractivity contribution in [2.24, 2.45) is 0 Å². The Morgan fingerprint density at radius 2 is 1.71 bits per heavy atom. The molecule has 3 amide bonds. The summed E-state index contributed by atoms with van der Waals surface area (Å²) in [6.07, 6.45) is 2.98. The van der Waals surface area contributed by atoms with Crippen LogP contribution in [0, 0.1) is 20.8 Å². The fraction of sp³-hybridized carbons (Fsp3) is 0.179. The van der Waals surface area contributed by atoms with Gasteiger partial charge in [0.25, 0.3) is 5.91 Å². The van der Waals surface area contributed by atoms with E-state index in [9.17, 15) is 14.4 Å². The minimum Gasteiger partial charge on any atom is -0.326 e. The molecule has 3 aromatic rings. The average Bonchev–Trinajstić information content (AvgIpc) is 2.81. The largest absolute Gasteiger partial charge is 0.326 e. The lowest BCUT2D eigenvalue weighted by atomic mass is 10.0. The Morgan fingerprint density at radius 3 is 2.44 bits per heavy atom. The number of amides is 3. The molecule has 34 heavy (non-hydrogen) atoms. The summed E-state index contributed by atoms with van der Waals surface area (Å²) < 4.78 is 0. The highest BCUT2D eigenvalue weighted by atomic mass is 16.2. The zero-order chi connectivity index (χ0) is 24.2. The van der Waals surface area contributed by atoms with E-state index in [1.54, 1.807) is 30.3 Å². The molecule has 0 radical (unpaired) electrons. The summed E-state index contributed by atoms with van der Waals surface area (Å²) in [5.41, 5.74) is 5.93. The van der Waals surface area contributed by atoms with Crippen molar-refractivity contribution in [3.8, 4) is 0 Å². The molecule has 1 heterocycles. The fourth-order valence-corrected chi connectivity index (χ4v) is 3.88. The normalized spacial score (nSPS) is 15.1. The lowest BCUT2D eigenvalue weighted by Crippen LogP contribution is -2.52. The van der Waals surface area contributed by atoms with Gasteiger partial charge >= 0.3 is 0 Å². The molecule has 6 nitrogen and oxygen atoms in total. The third-order valence-electron chi connectivity index (χ3n) is 5.94. The van der Waals surface area contributed by atoms with Gasteiger partial charge in [-0.1, -0.05) is 48.0 Å². The second kappa shape index (κ2) is 9.75. The predicted octanol–water partition coefficient (Wildman–Crippen LogP) is 5.01. The van der Waals surface area contributed by atoms with Crippen LogP contribution in [0.4, 0.5) is 17.1 Å². The molecule has 1 aliphatic rings. The van der Waals surface area contributed by atoms with Crippen molar-refractivity contribution in [2.75, 3.05) is 15.5 Å². The average molecular weight is 454 g/mol. The molecule has 172 valence electrons. The molecule has 0 fully saturated rings. The number of carbonyl (C=O) groups is 3. The Morgan fingerprint density at radius 1 is 0.971 bits per heavy atom. The Hall–Kier alpha value is -4.19. The first-order valence-corrected chi connectivity index (χ1v) is 11.2. The van der Waals surface area contributed by atoms with Crippen LogP contribution in [-0.4, -0.2) is 23.8 Å². The predicted molar refractivity (Wildman–Crippen MR) is 136 cm³/mol. The molecule has 4 rings (SSSR count). The minimum absolute atomic E-state index is 0.169. The van der Waals surface area contributed by atoms with Crippen LogP contribution in [0.3, 0.4) is 0 Å². The highest BCUT2D eigenvalue weighted by Gasteiger charge is 2.37. The van der Waals surface area contributed by atoms with Gasteiger partial charge in [0.05, 0.1) is 17.8 Å². The second-order valence-electron chi connectivity index (χ2n) is 8.53. The smallest absolute Gasteiger partial charge is 0.251 e. The number of nitrogens with one attached hydrogen (secondary N) is 2. The summed E-state index contributed by atoms with van der Waals surface area (Å²) in [7, 11) is 0. The fourth-order valence-electron chi connectivity index (χ4n) is 3.88. The zero-order valence-electron chi connectivity index (χ0n) is 19.5. The molecule has 1 atom stereocenters. The summed E-state index contributed by atoms with van der Waals surface area (Å²) in [5.74, 6) is -1.11. The monoisotopic (exact) mass is 453 g/mol. The van der Waals surface area contributed by atoms with Crippen molar-refractivity contribution in [3.05, 3.63) is 95.1 Å². The Bertz CT molecular complexity index is 1280. The highest BCUT2D eigenvalue weighted by Crippen LogP contribution is 2.33. The van der Waals surface area contributed by atoms with E-state index < -0.39 is 11.9 Å². The lowest BCUT2D eigenvalue weighted by molar-refractivity contribution is -0.124. The molecule has 0 saturated heterocycles. The maximum atomic E-state index is 13.3. The molecule has 0 spiro atoms. The topological polar surface area (TPSA) is 78.5 Å². The molecular formula is C28H27N3O3. The van der Waals surface area contributed by atoms with E-state index in [4.69, 9.17) is 0 Å². The third-order valence-corrected chi connectivity index (χ3v) is 5.94. The summed E-state index contributed by atoms with van der Waals surface area (Å²) in [4.78, 5) is 40.5. The van der Waals surface area contributed by atoms with Crippen LogP contribution in [-0.2, 0) is 14.4 Å². The standard InChI is InChI=1S/C28H27N3O3/c1-18-8-11-21(12-9-18)13-15-27(33)31-24-7-5-4-6-23(24)30-28(34)25(31)17-26(32)29-22-14-10-19(2)20(3)16-22/h4-16,25H,17H2,1-3H3,(H,29,32)(H,30,34)/b15-13+/t25-/m0/s1. The van der Waals surface area contributed by atoms with E-state index in [0.29, 0.717) is 17.1 Å². The number of nitrogens with zero attached hydrogens (tertiary/aromatic N) is 1. The van der Waals surface area contributed by atoms with Crippen molar-refractivity contribution in [1.82, 2.24) is 0 Å². The quantitative estimate of drug-likeness (QED) is 0.533. The molecule has 0 bridgehead atoms. The van der Waals surface area contributed by atoms with Crippen LogP contribution in [0.25, 0.3) is 6.08 Å². The van der Waals surface area contributed by atoms with Crippen molar-refractivity contribution in [2.45, 2.75) is 33.2 Å². The van der Waals surface area contributed by atoms with Crippen LogP contribution in [0.2, 0.25) is 0 Å². The molecule has 0 aromatic heterocycles. The Labute approximate surface area is 199 Å². The van der Waals surface area contributed by atoms with E-state index in [-0.39, 0.29) is 18.2 Å². The first-order valence-electron chi connectivity index (χ1n) is 11.2. The van der Waals surface area contributed by atoms with Crippen LogP contribution in [0.1, 0.15) is 28.7 Å². The van der Waals surface area contributed by atoms with Gasteiger partial charge in [0.1, 0.15) is 6.04 Å². The van der Waals surface area contributed by atoms with Gasteiger partial charge in [-0.05, 0) is 67.8 Å². The minimum atomic E-state index is -0.975. The van der Waals surface area contributed by atoms with Gasteiger partial charge in [-0.15, -0.1) is 0 Å². The number of fused-ring (bicyclic) bond motifs is 1. The van der Waals surface area contributed by atoms with Crippen LogP contribution in [0.15, 0.2) is 72.8 Å². The summed E-state index contributed by atoms with van der Waals surface area (Å²) >= 11 is 0. The number of para-hydroxylation sites is 2. The van der Waals surface area contributed by atoms with Gasteiger partial charge in [0.15, 0.2) is 0 Å². The molecule has 2 N–H and O–H groups in total. The van der Waals surface area contributed by atoms with E-state index >= 15 is 0 Å². The van der Waals surface area contributed by atoms with E-state index in [2.05, 4.69) is 10.6 Å². The van der Waals surface area contributed by atoms with Crippen molar-refractivity contribution in [1.29, 1.82) is 0 Å². The van der Waals surface area contributed by atoms with Gasteiger partial charge in [-0.25, -0.2) is 0 Å². The van der Waals surface area contributed by atoms with Crippen molar-refractivity contribution < 1.29 is 14.4 Å². The van der Waals surface area contributed by atoms with Crippen molar-refractivity contribution >= 4 is 40.9 Å². The molecule has 1 aliphatic heterocycles. The third kappa shape index (κ3) is 5.07. The Kier molecular flexibility index (Phi) is 6.59. The van der Waals surface area contributed by atoms with Gasteiger partial charge in [0, 0.05) is 11.8 Å². The van der Waals surface area contributed by atoms with E-state index in [1.807, 2.05) is 63.2 Å². The number of hydrogen-bond acceptors (Lipinski definition) is 3. The molecule has 6 heteroatoms. The summed E-state index contributed by atoms with van der Waals surface area (Å²) in [6, 6.07) is 19.5. The van der Waals surface area contributed by atoms with Crippen LogP contribution >= 0.6 is 0 Å². The zero-order valence-corrected chi connectivity index (χ0v) is 19.5. The Balaban J connectivity index is 1.59. The van der Waals surface area contributed by atoms with Gasteiger partial charge in [-0.3, -0.25) is 19.3 Å². The molecule has 3 aromatic carbocycles. The van der Waals surface area contributed by atoms with Gasteiger partial charge in [0.2, 0.25) is 11.8 Å². The van der Waals surface area contributed by atoms with Crippen LogP contribution in [0.5, 0.6) is 0 Å². The number of benzene rings is 3. The number of rotatable bonds is 5. The molecule has 0 saturated carbocycles. The first kappa shape index (κ1) is 23.0. The molecule has 0 unspecified atom stereocenters. The van der Waals surface area contributed by atoms with Gasteiger partial charge < -0.3 is 10.6 Å². The maximum absolute atomic E-state index is 13.3. The molecule has 0 aliphatic carbocycles.